The van der Waals surface area contributed by atoms with Gasteiger partial charge in [-0.25, -0.2) is 8.42 Å². The molecule has 2 aromatic rings. The van der Waals surface area contributed by atoms with E-state index in [-0.39, 0.29) is 5.75 Å². The van der Waals surface area contributed by atoms with Gasteiger partial charge in [0, 0.05) is 15.3 Å². The Bertz CT molecular complexity index is 848. The zero-order valence-electron chi connectivity index (χ0n) is 13.4. The van der Waals surface area contributed by atoms with Gasteiger partial charge in [-0.1, -0.05) is 41.4 Å². The Labute approximate surface area is 156 Å². The molecule has 0 aromatic heterocycles. The van der Waals surface area contributed by atoms with Gasteiger partial charge in [0.15, 0.2) is 0 Å². The van der Waals surface area contributed by atoms with E-state index in [0.29, 0.717) is 10.6 Å². The summed E-state index contributed by atoms with van der Waals surface area (Å²) in [5.41, 5.74) is 3.99. The molecule has 0 aliphatic heterocycles. The Balaban J connectivity index is 1.81. The lowest BCUT2D eigenvalue weighted by molar-refractivity contribution is -0.119. The third kappa shape index (κ3) is 7.31. The fourth-order valence-corrected chi connectivity index (χ4v) is 3.21. The summed E-state index contributed by atoms with van der Waals surface area (Å²) in [6.45, 7) is 1.98. The predicted molar refractivity (Wildman–Crippen MR) is 103 cm³/mol. The lowest BCUT2D eigenvalue weighted by Gasteiger charge is -2.06. The number of benzene rings is 2. The number of aryl methyl sites for hydroxylation is 1. The minimum Gasteiger partial charge on any atom is -0.277 e. The van der Waals surface area contributed by atoms with Crippen LogP contribution in [0.4, 0.5) is 0 Å². The van der Waals surface area contributed by atoms with Crippen LogP contribution in [-0.2, 0) is 14.8 Å². The summed E-state index contributed by atoms with van der Waals surface area (Å²) in [4.78, 5) is 14.7. The van der Waals surface area contributed by atoms with Gasteiger partial charge in [-0.15, -0.1) is 16.6 Å². The lowest BCUT2D eigenvalue weighted by Crippen LogP contribution is -2.41. The predicted octanol–water partition coefficient (Wildman–Crippen LogP) is 3.36. The molecule has 25 heavy (non-hydrogen) atoms. The molecule has 0 bridgehead atoms. The van der Waals surface area contributed by atoms with Crippen molar-refractivity contribution in [2.24, 2.45) is 0 Å². The molecule has 0 saturated heterocycles. The van der Waals surface area contributed by atoms with Gasteiger partial charge in [0.1, 0.15) is 0 Å². The first-order valence-corrected chi connectivity index (χ1v) is 10.2. The molecule has 0 atom stereocenters. The van der Waals surface area contributed by atoms with E-state index in [9.17, 15) is 13.2 Å². The van der Waals surface area contributed by atoms with Crippen LogP contribution in [0.15, 0.2) is 58.8 Å². The Morgan fingerprint density at radius 2 is 1.76 bits per heavy atom. The second-order valence-electron chi connectivity index (χ2n) is 5.15. The smallest absolute Gasteiger partial charge is 0.250 e. The summed E-state index contributed by atoms with van der Waals surface area (Å²) in [5.74, 6) is -0.332. The third-order valence-electron chi connectivity index (χ3n) is 3.03. The van der Waals surface area contributed by atoms with Gasteiger partial charge in [-0.05, 0) is 42.8 Å². The Morgan fingerprint density at radius 1 is 1.12 bits per heavy atom. The first-order valence-electron chi connectivity index (χ1n) is 7.28. The highest BCUT2D eigenvalue weighted by Crippen LogP contribution is 2.17. The minimum atomic E-state index is -3.78. The highest BCUT2D eigenvalue weighted by molar-refractivity contribution is 8.00. The standard InChI is InChI=1S/C17H17ClN2O3S2/c1-13-2-8-16(9-3-13)24-12-17(21)19-20-25(22,23)11-10-14-4-6-15(18)7-5-14/h2-11,20H,12H2,1H3,(H,19,21)/b11-10+. The summed E-state index contributed by atoms with van der Waals surface area (Å²) in [5, 5.41) is 1.54. The van der Waals surface area contributed by atoms with Crippen LogP contribution in [0.1, 0.15) is 11.1 Å². The average Bonchev–Trinajstić information content (AvgIpc) is 2.59. The molecule has 2 aromatic carbocycles. The van der Waals surface area contributed by atoms with Crippen LogP contribution in [0.2, 0.25) is 5.02 Å². The quantitative estimate of drug-likeness (QED) is 0.555. The maximum atomic E-state index is 11.8. The van der Waals surface area contributed by atoms with E-state index in [2.05, 4.69) is 5.43 Å². The van der Waals surface area contributed by atoms with Crippen LogP contribution in [-0.4, -0.2) is 20.1 Å². The molecular weight excluding hydrogens is 380 g/mol. The number of carbonyl (C=O) groups is 1. The molecule has 0 fully saturated rings. The van der Waals surface area contributed by atoms with Crippen molar-refractivity contribution in [3.63, 3.8) is 0 Å². The van der Waals surface area contributed by atoms with Gasteiger partial charge in [0.25, 0.3) is 10.0 Å². The summed E-state index contributed by atoms with van der Waals surface area (Å²) in [6, 6.07) is 14.4. The molecule has 0 spiro atoms. The Hall–Kier alpha value is -1.80. The number of nitrogens with one attached hydrogen (secondary N) is 2. The van der Waals surface area contributed by atoms with Crippen LogP contribution in [0, 0.1) is 6.92 Å². The molecule has 0 saturated carbocycles. The molecular formula is C17H17ClN2O3S2. The molecule has 0 unspecified atom stereocenters. The van der Waals surface area contributed by atoms with Gasteiger partial charge in [-0.3, -0.25) is 10.2 Å². The van der Waals surface area contributed by atoms with Gasteiger partial charge >= 0.3 is 0 Å². The summed E-state index contributed by atoms with van der Waals surface area (Å²) < 4.78 is 23.7. The molecule has 0 radical (unpaired) electrons. The monoisotopic (exact) mass is 396 g/mol. The van der Waals surface area contributed by atoms with E-state index >= 15 is 0 Å². The van der Waals surface area contributed by atoms with Crippen LogP contribution < -0.4 is 10.3 Å². The molecule has 132 valence electrons. The van der Waals surface area contributed by atoms with E-state index in [1.165, 1.54) is 17.8 Å². The molecule has 8 heteroatoms. The first kappa shape index (κ1) is 19.5. The number of carbonyl (C=O) groups excluding carboxylic acids is 1. The van der Waals surface area contributed by atoms with E-state index in [4.69, 9.17) is 11.6 Å². The molecule has 5 nitrogen and oxygen atoms in total. The van der Waals surface area contributed by atoms with E-state index in [1.807, 2.05) is 36.0 Å². The molecule has 0 aliphatic carbocycles. The average molecular weight is 397 g/mol. The topological polar surface area (TPSA) is 75.3 Å². The number of hydrogen-bond acceptors (Lipinski definition) is 4. The zero-order valence-corrected chi connectivity index (χ0v) is 15.8. The van der Waals surface area contributed by atoms with Crippen LogP contribution >= 0.6 is 23.4 Å². The fourth-order valence-electron chi connectivity index (χ4n) is 1.72. The second kappa shape index (κ2) is 9.05. The van der Waals surface area contributed by atoms with Crippen molar-refractivity contribution in [3.05, 3.63) is 70.1 Å². The fraction of sp³-hybridized carbons (Fsp3) is 0.118. The zero-order chi connectivity index (χ0) is 18.3. The second-order valence-corrected chi connectivity index (χ2v) is 8.20. The summed E-state index contributed by atoms with van der Waals surface area (Å²) in [7, 11) is -3.78. The van der Waals surface area contributed by atoms with Gasteiger partial charge in [0.05, 0.1) is 5.75 Å². The van der Waals surface area contributed by atoms with E-state index < -0.39 is 15.9 Å². The van der Waals surface area contributed by atoms with Crippen molar-refractivity contribution in [2.75, 3.05) is 5.75 Å². The number of thioether (sulfide) groups is 1. The van der Waals surface area contributed by atoms with Crippen LogP contribution in [0.25, 0.3) is 6.08 Å². The van der Waals surface area contributed by atoms with Crippen molar-refractivity contribution < 1.29 is 13.2 Å². The lowest BCUT2D eigenvalue weighted by atomic mass is 10.2. The van der Waals surface area contributed by atoms with Crippen molar-refractivity contribution in [1.82, 2.24) is 10.3 Å². The van der Waals surface area contributed by atoms with Crippen molar-refractivity contribution >= 4 is 45.4 Å². The van der Waals surface area contributed by atoms with Gasteiger partial charge in [-0.2, -0.15) is 0 Å². The maximum Gasteiger partial charge on any atom is 0.250 e. The van der Waals surface area contributed by atoms with Gasteiger partial charge < -0.3 is 0 Å². The van der Waals surface area contributed by atoms with E-state index in [0.717, 1.165) is 15.9 Å². The maximum absolute atomic E-state index is 11.8. The van der Waals surface area contributed by atoms with Crippen LogP contribution in [0.3, 0.4) is 0 Å². The Morgan fingerprint density at radius 3 is 2.40 bits per heavy atom. The number of hydrazine groups is 1. The summed E-state index contributed by atoms with van der Waals surface area (Å²) in [6.07, 6.45) is 1.41. The number of rotatable bonds is 7. The number of hydrogen-bond donors (Lipinski definition) is 2. The number of amides is 1. The highest BCUT2D eigenvalue weighted by atomic mass is 35.5. The normalized spacial score (nSPS) is 11.6. The molecule has 0 heterocycles. The van der Waals surface area contributed by atoms with Crippen molar-refractivity contribution in [1.29, 1.82) is 0 Å². The van der Waals surface area contributed by atoms with Crippen molar-refractivity contribution in [2.45, 2.75) is 11.8 Å². The highest BCUT2D eigenvalue weighted by Gasteiger charge is 2.08. The molecule has 2 N–H and O–H groups in total. The van der Waals surface area contributed by atoms with Crippen LogP contribution in [0.5, 0.6) is 0 Å². The van der Waals surface area contributed by atoms with Gasteiger partial charge in [0.2, 0.25) is 5.91 Å². The van der Waals surface area contributed by atoms with Crippen molar-refractivity contribution in [3.8, 4) is 0 Å². The number of halogens is 1. The number of sulfonamides is 1. The third-order valence-corrected chi connectivity index (χ3v) is 5.18. The largest absolute Gasteiger partial charge is 0.277 e. The molecule has 2 rings (SSSR count). The SMILES string of the molecule is Cc1ccc(SCC(=O)NNS(=O)(=O)/C=C/c2ccc(Cl)cc2)cc1. The summed E-state index contributed by atoms with van der Waals surface area (Å²) >= 11 is 7.09. The Kier molecular flexibility index (Phi) is 7.07. The molecule has 0 aliphatic rings. The molecule has 1 amide bonds. The van der Waals surface area contributed by atoms with E-state index in [1.54, 1.807) is 24.3 Å². The minimum absolute atomic E-state index is 0.104. The first-order chi connectivity index (χ1) is 11.8.